The Hall–Kier alpha value is -3.26. The quantitative estimate of drug-likeness (QED) is 0.549. The molecular weight excluding hydrogens is 378 g/mol. The Kier molecular flexibility index (Phi) is 4.32. The summed E-state index contributed by atoms with van der Waals surface area (Å²) < 4.78 is 1.82. The zero-order valence-corrected chi connectivity index (χ0v) is 17.7. The number of amides is 1. The number of nitrogens with one attached hydrogen (secondary N) is 2. The molecule has 2 N–H and O–H groups in total. The topological polar surface area (TPSA) is 91.2 Å². The molecule has 0 spiro atoms. The van der Waals surface area contributed by atoms with Crippen LogP contribution in [0, 0.1) is 13.8 Å². The predicted octanol–water partition coefficient (Wildman–Crippen LogP) is 2.95. The summed E-state index contributed by atoms with van der Waals surface area (Å²) in [7, 11) is 0. The second-order valence-corrected chi connectivity index (χ2v) is 8.18. The van der Waals surface area contributed by atoms with Crippen LogP contribution >= 0.6 is 0 Å². The molecule has 0 aromatic carbocycles. The van der Waals surface area contributed by atoms with Gasteiger partial charge in [-0.25, -0.2) is 14.5 Å². The normalized spacial score (nSPS) is 15.1. The van der Waals surface area contributed by atoms with Crippen LogP contribution in [0.4, 0.5) is 5.82 Å². The Morgan fingerprint density at radius 1 is 1.17 bits per heavy atom. The fraction of sp³-hybridized carbons (Fsp3) is 0.364. The van der Waals surface area contributed by atoms with Gasteiger partial charge in [0.2, 0.25) is 5.91 Å². The molecule has 0 unspecified atom stereocenters. The molecule has 8 heteroatoms. The first-order valence-corrected chi connectivity index (χ1v) is 10.3. The van der Waals surface area contributed by atoms with Crippen LogP contribution in [0.2, 0.25) is 0 Å². The number of anilines is 1. The fourth-order valence-electron chi connectivity index (χ4n) is 4.30. The van der Waals surface area contributed by atoms with E-state index in [1.807, 2.05) is 22.8 Å². The molecule has 0 bridgehead atoms. The van der Waals surface area contributed by atoms with Gasteiger partial charge in [0.15, 0.2) is 5.65 Å². The van der Waals surface area contributed by atoms with Gasteiger partial charge in [-0.3, -0.25) is 9.69 Å². The van der Waals surface area contributed by atoms with E-state index in [9.17, 15) is 4.79 Å². The van der Waals surface area contributed by atoms with Crippen molar-refractivity contribution in [2.75, 3.05) is 24.5 Å². The SMILES string of the molecule is Cc1c(-c2[nH]c3ccc(N4CCNCC4=O)nc3c2C(C)C)cn2ncnc2c1C. The van der Waals surface area contributed by atoms with E-state index in [1.54, 1.807) is 11.2 Å². The highest BCUT2D eigenvalue weighted by molar-refractivity contribution is 5.97. The minimum Gasteiger partial charge on any atom is -0.353 e. The number of piperazine rings is 1. The van der Waals surface area contributed by atoms with Crippen LogP contribution in [0.25, 0.3) is 27.9 Å². The Balaban J connectivity index is 1.73. The smallest absolute Gasteiger partial charge is 0.242 e. The standard InChI is InChI=1S/C22H25N7O/c1-12(2)19-20(15-10-29-22(24-11-25-29)14(4)13(15)3)26-16-5-6-17(27-21(16)19)28-8-7-23-9-18(28)30/h5-6,10-12,23,26H,7-9H2,1-4H3. The Morgan fingerprint density at radius 2 is 2.00 bits per heavy atom. The predicted molar refractivity (Wildman–Crippen MR) is 117 cm³/mol. The maximum absolute atomic E-state index is 12.4. The molecular formula is C22H25N7O. The Labute approximate surface area is 174 Å². The molecule has 5 rings (SSSR count). The molecule has 154 valence electrons. The second kappa shape index (κ2) is 6.91. The molecule has 0 saturated carbocycles. The maximum Gasteiger partial charge on any atom is 0.242 e. The number of H-pyrrole nitrogens is 1. The number of pyridine rings is 2. The van der Waals surface area contributed by atoms with Gasteiger partial charge in [0.1, 0.15) is 12.1 Å². The van der Waals surface area contributed by atoms with E-state index in [-0.39, 0.29) is 11.8 Å². The Morgan fingerprint density at radius 3 is 2.77 bits per heavy atom. The van der Waals surface area contributed by atoms with Gasteiger partial charge >= 0.3 is 0 Å². The average Bonchev–Trinajstić information content (AvgIpc) is 3.35. The first kappa shape index (κ1) is 18.7. The van der Waals surface area contributed by atoms with Crippen LogP contribution in [0.5, 0.6) is 0 Å². The fourth-order valence-corrected chi connectivity index (χ4v) is 4.30. The summed E-state index contributed by atoms with van der Waals surface area (Å²) in [6.45, 7) is 10.3. The molecule has 0 radical (unpaired) electrons. The number of hydrogen-bond acceptors (Lipinski definition) is 5. The van der Waals surface area contributed by atoms with Gasteiger partial charge in [-0.1, -0.05) is 13.8 Å². The number of carbonyl (C=O) groups is 1. The van der Waals surface area contributed by atoms with Crippen molar-refractivity contribution in [2.24, 2.45) is 0 Å². The lowest BCUT2D eigenvalue weighted by atomic mass is 9.95. The van der Waals surface area contributed by atoms with Crippen LogP contribution in [-0.4, -0.2) is 50.1 Å². The van der Waals surface area contributed by atoms with Gasteiger partial charge in [0.25, 0.3) is 0 Å². The van der Waals surface area contributed by atoms with Crippen molar-refractivity contribution in [1.82, 2.24) is 29.9 Å². The molecule has 1 fully saturated rings. The van der Waals surface area contributed by atoms with Crippen molar-refractivity contribution in [1.29, 1.82) is 0 Å². The summed E-state index contributed by atoms with van der Waals surface area (Å²) in [5.41, 5.74) is 8.32. The van der Waals surface area contributed by atoms with E-state index in [0.29, 0.717) is 18.9 Å². The van der Waals surface area contributed by atoms with Crippen molar-refractivity contribution in [3.63, 3.8) is 0 Å². The van der Waals surface area contributed by atoms with Crippen molar-refractivity contribution in [3.05, 3.63) is 41.3 Å². The number of aromatic amines is 1. The van der Waals surface area contributed by atoms with Crippen LogP contribution in [0.15, 0.2) is 24.7 Å². The summed E-state index contributed by atoms with van der Waals surface area (Å²) in [6, 6.07) is 3.95. The van der Waals surface area contributed by atoms with Crippen LogP contribution in [0.1, 0.15) is 36.5 Å². The molecule has 1 aliphatic rings. The van der Waals surface area contributed by atoms with E-state index in [0.717, 1.165) is 45.6 Å². The first-order valence-electron chi connectivity index (χ1n) is 10.3. The van der Waals surface area contributed by atoms with E-state index < -0.39 is 0 Å². The lowest BCUT2D eigenvalue weighted by Gasteiger charge is -2.26. The molecule has 1 saturated heterocycles. The molecule has 1 aliphatic heterocycles. The van der Waals surface area contributed by atoms with Gasteiger partial charge in [0.05, 0.1) is 23.3 Å². The van der Waals surface area contributed by atoms with Gasteiger partial charge < -0.3 is 10.3 Å². The minimum absolute atomic E-state index is 0.0538. The monoisotopic (exact) mass is 403 g/mol. The zero-order valence-electron chi connectivity index (χ0n) is 17.7. The number of fused-ring (bicyclic) bond motifs is 2. The second-order valence-electron chi connectivity index (χ2n) is 8.18. The molecule has 4 aromatic rings. The van der Waals surface area contributed by atoms with Gasteiger partial charge in [-0.15, -0.1) is 0 Å². The summed E-state index contributed by atoms with van der Waals surface area (Å²) in [5.74, 6) is 1.01. The van der Waals surface area contributed by atoms with Crippen molar-refractivity contribution in [3.8, 4) is 11.3 Å². The summed E-state index contributed by atoms with van der Waals surface area (Å²) in [6.07, 6.45) is 3.61. The maximum atomic E-state index is 12.4. The average molecular weight is 403 g/mol. The van der Waals surface area contributed by atoms with Gasteiger partial charge in [-0.2, -0.15) is 5.10 Å². The molecule has 0 aliphatic carbocycles. The van der Waals surface area contributed by atoms with Gasteiger partial charge in [0, 0.05) is 30.4 Å². The van der Waals surface area contributed by atoms with E-state index >= 15 is 0 Å². The third-order valence-corrected chi connectivity index (χ3v) is 6.00. The largest absolute Gasteiger partial charge is 0.353 e. The highest BCUT2D eigenvalue weighted by Gasteiger charge is 2.24. The third kappa shape index (κ3) is 2.79. The molecule has 0 atom stereocenters. The van der Waals surface area contributed by atoms with Crippen LogP contribution < -0.4 is 10.2 Å². The van der Waals surface area contributed by atoms with Crippen molar-refractivity contribution in [2.45, 2.75) is 33.6 Å². The number of hydrogen-bond donors (Lipinski definition) is 2. The van der Waals surface area contributed by atoms with Crippen molar-refractivity contribution < 1.29 is 4.79 Å². The summed E-state index contributed by atoms with van der Waals surface area (Å²) in [5, 5.41) is 7.46. The molecule has 30 heavy (non-hydrogen) atoms. The molecule has 8 nitrogen and oxygen atoms in total. The molecule has 5 heterocycles. The molecule has 1 amide bonds. The summed E-state index contributed by atoms with van der Waals surface area (Å²) >= 11 is 0. The lowest BCUT2D eigenvalue weighted by Crippen LogP contribution is -2.48. The number of rotatable bonds is 3. The molecule has 4 aromatic heterocycles. The van der Waals surface area contributed by atoms with Crippen LogP contribution in [-0.2, 0) is 4.79 Å². The number of carbonyl (C=O) groups excluding carboxylic acids is 1. The zero-order chi connectivity index (χ0) is 21.0. The summed E-state index contributed by atoms with van der Waals surface area (Å²) in [4.78, 5) is 27.0. The van der Waals surface area contributed by atoms with Crippen molar-refractivity contribution >= 4 is 28.4 Å². The number of aromatic nitrogens is 5. The van der Waals surface area contributed by atoms with Crippen LogP contribution in [0.3, 0.4) is 0 Å². The van der Waals surface area contributed by atoms with Gasteiger partial charge in [-0.05, 0) is 43.0 Å². The minimum atomic E-state index is 0.0538. The number of aryl methyl sites for hydroxylation is 1. The highest BCUT2D eigenvalue weighted by Crippen LogP contribution is 2.37. The third-order valence-electron chi connectivity index (χ3n) is 6.00. The lowest BCUT2D eigenvalue weighted by molar-refractivity contribution is -0.118. The Bertz CT molecular complexity index is 1280. The first-order chi connectivity index (χ1) is 14.5. The highest BCUT2D eigenvalue weighted by atomic mass is 16.2. The van der Waals surface area contributed by atoms with E-state index in [1.165, 1.54) is 5.56 Å². The number of nitrogens with zero attached hydrogens (tertiary/aromatic N) is 5. The van der Waals surface area contributed by atoms with E-state index in [2.05, 4.69) is 48.1 Å². The van der Waals surface area contributed by atoms with E-state index in [4.69, 9.17) is 4.98 Å².